The number of hydrogen-bond acceptors (Lipinski definition) is 7. The largest absolute Gasteiger partial charge is 0.378 e. The third kappa shape index (κ3) is 5.67. The van der Waals surface area contributed by atoms with Crippen LogP contribution in [0.15, 0.2) is 52.2 Å². The molecule has 1 atom stereocenters. The second kappa shape index (κ2) is 11.3. The van der Waals surface area contributed by atoms with E-state index in [1.54, 1.807) is 28.8 Å². The van der Waals surface area contributed by atoms with Gasteiger partial charge in [-0.05, 0) is 88.5 Å². The molecule has 1 N–H and O–H groups in total. The summed E-state index contributed by atoms with van der Waals surface area (Å²) in [4.78, 5) is 12.1. The van der Waals surface area contributed by atoms with Crippen LogP contribution in [-0.2, 0) is 21.3 Å². The molecule has 4 aromatic rings. The third-order valence-corrected chi connectivity index (χ3v) is 12.2. The Morgan fingerprint density at radius 1 is 1.18 bits per heavy atom. The molecule has 2 fully saturated rings. The Morgan fingerprint density at radius 3 is 2.74 bits per heavy atom. The molecule has 2 aliphatic rings. The lowest BCUT2D eigenvalue weighted by Crippen LogP contribution is -2.36. The first kappa shape index (κ1) is 27.0. The molecule has 0 aliphatic carbocycles. The Hall–Kier alpha value is -2.24. The zero-order chi connectivity index (χ0) is 27.0. The normalized spacial score (nSPS) is 19.4. The first-order valence-electron chi connectivity index (χ1n) is 13.9. The molecule has 5 heterocycles. The van der Waals surface area contributed by atoms with Gasteiger partial charge in [-0.2, -0.15) is 0 Å². The summed E-state index contributed by atoms with van der Waals surface area (Å²) in [7, 11) is -3.67. The smallest absolute Gasteiger partial charge is 0.274 e. The van der Waals surface area contributed by atoms with E-state index in [-0.39, 0.29) is 6.04 Å². The lowest BCUT2D eigenvalue weighted by Gasteiger charge is -2.32. The van der Waals surface area contributed by atoms with E-state index in [1.807, 2.05) is 38.2 Å². The van der Waals surface area contributed by atoms with Crippen molar-refractivity contribution in [3.8, 4) is 10.7 Å². The van der Waals surface area contributed by atoms with E-state index in [0.29, 0.717) is 16.0 Å². The number of thiazole rings is 1. The molecule has 1 aromatic carbocycles. The van der Waals surface area contributed by atoms with Crippen LogP contribution < -0.4 is 4.31 Å². The summed E-state index contributed by atoms with van der Waals surface area (Å²) in [5.74, 6) is 0.788. The number of piperidine rings is 1. The molecule has 39 heavy (non-hydrogen) atoms. The van der Waals surface area contributed by atoms with Crippen molar-refractivity contribution in [3.05, 3.63) is 52.9 Å². The highest BCUT2D eigenvalue weighted by molar-refractivity contribution is 7.94. The molecule has 1 unspecified atom stereocenters. The number of anilines is 1. The quantitative estimate of drug-likeness (QED) is 0.236. The number of nitrogens with zero attached hydrogens (tertiary/aromatic N) is 3. The van der Waals surface area contributed by atoms with Gasteiger partial charge in [0.1, 0.15) is 9.22 Å². The Balaban J connectivity index is 1.18. The van der Waals surface area contributed by atoms with Gasteiger partial charge in [-0.3, -0.25) is 9.21 Å². The van der Waals surface area contributed by atoms with Crippen molar-refractivity contribution in [3.63, 3.8) is 0 Å². The molecule has 3 aromatic heterocycles. The fourth-order valence-corrected chi connectivity index (χ4v) is 9.62. The van der Waals surface area contributed by atoms with Crippen LogP contribution in [0.5, 0.6) is 0 Å². The summed E-state index contributed by atoms with van der Waals surface area (Å²) in [6.45, 7) is 7.95. The van der Waals surface area contributed by atoms with Crippen LogP contribution in [-0.4, -0.2) is 55.1 Å². The van der Waals surface area contributed by atoms with Gasteiger partial charge in [-0.25, -0.2) is 13.4 Å². The predicted octanol–water partition coefficient (Wildman–Crippen LogP) is 6.74. The highest BCUT2D eigenvalue weighted by Gasteiger charge is 2.30. The van der Waals surface area contributed by atoms with Crippen molar-refractivity contribution in [2.45, 2.75) is 68.9 Å². The molecule has 0 amide bonds. The highest BCUT2D eigenvalue weighted by Crippen LogP contribution is 2.37. The molecule has 6 rings (SSSR count). The number of rotatable bonds is 9. The summed E-state index contributed by atoms with van der Waals surface area (Å²) < 4.78 is 34.8. The average molecular weight is 585 g/mol. The zero-order valence-corrected chi connectivity index (χ0v) is 25.0. The standard InChI is InChI=1S/C29H36N4O3S3/c1-20(2)33(39(34,35)27-9-5-15-37-27)26-8-3-6-22-17-25(31-28(22)26)29-30-18-24(38-29)19-32-12-10-21(11-13-32)16-23-7-4-14-36-23/h3,5-6,8-9,15,17-18,20-21,23,31H,4,7,10-14,16,19H2,1-2H3. The first-order valence-corrected chi connectivity index (χ1v) is 17.0. The maximum atomic E-state index is 13.6. The minimum atomic E-state index is -3.67. The van der Waals surface area contributed by atoms with E-state index in [0.717, 1.165) is 53.8 Å². The number of aromatic amines is 1. The van der Waals surface area contributed by atoms with Gasteiger partial charge < -0.3 is 9.72 Å². The van der Waals surface area contributed by atoms with Gasteiger partial charge in [-0.15, -0.1) is 22.7 Å². The van der Waals surface area contributed by atoms with E-state index in [9.17, 15) is 8.42 Å². The molecule has 0 bridgehead atoms. The number of H-pyrrole nitrogens is 1. The topological polar surface area (TPSA) is 78.5 Å². The van der Waals surface area contributed by atoms with Gasteiger partial charge in [0.15, 0.2) is 0 Å². The SMILES string of the molecule is CC(C)N(c1cccc2cc(-c3ncc(CN4CCC(CC5CCCO5)CC4)s3)[nH]c12)S(=O)(=O)c1cccs1. The summed E-state index contributed by atoms with van der Waals surface area (Å²) >= 11 is 2.96. The van der Waals surface area contributed by atoms with Crippen LogP contribution in [0.2, 0.25) is 0 Å². The van der Waals surface area contributed by atoms with E-state index in [4.69, 9.17) is 9.72 Å². The van der Waals surface area contributed by atoms with Crippen molar-refractivity contribution < 1.29 is 13.2 Å². The predicted molar refractivity (Wildman–Crippen MR) is 160 cm³/mol. The van der Waals surface area contributed by atoms with Gasteiger partial charge in [-0.1, -0.05) is 18.2 Å². The third-order valence-electron chi connectivity index (χ3n) is 7.84. The number of sulfonamides is 1. The molecule has 208 valence electrons. The molecule has 0 spiro atoms. The number of fused-ring (bicyclic) bond motifs is 1. The Morgan fingerprint density at radius 2 is 2.03 bits per heavy atom. The monoisotopic (exact) mass is 584 g/mol. The van der Waals surface area contributed by atoms with E-state index in [2.05, 4.69) is 16.0 Å². The Labute approximate surface area is 238 Å². The lowest BCUT2D eigenvalue weighted by atomic mass is 9.90. The molecular weight excluding hydrogens is 549 g/mol. The van der Waals surface area contributed by atoms with Crippen LogP contribution in [0.4, 0.5) is 5.69 Å². The number of ether oxygens (including phenoxy) is 1. The number of aromatic nitrogens is 2. The van der Waals surface area contributed by atoms with Crippen molar-refractivity contribution in [2.24, 2.45) is 5.92 Å². The Bertz CT molecular complexity index is 1500. The summed E-state index contributed by atoms with van der Waals surface area (Å²) in [5, 5.41) is 3.70. The molecule has 10 heteroatoms. The fourth-order valence-electron chi connectivity index (χ4n) is 5.94. The molecule has 0 saturated carbocycles. The first-order chi connectivity index (χ1) is 18.9. The van der Waals surface area contributed by atoms with Crippen LogP contribution >= 0.6 is 22.7 Å². The van der Waals surface area contributed by atoms with E-state index >= 15 is 0 Å². The van der Waals surface area contributed by atoms with Crippen molar-refractivity contribution in [1.29, 1.82) is 0 Å². The second-order valence-corrected chi connectivity index (χ2v) is 15.1. The minimum absolute atomic E-state index is 0.240. The molecule has 2 saturated heterocycles. The number of benzene rings is 1. The summed E-state index contributed by atoms with van der Waals surface area (Å²) in [6.07, 6.45) is 8.66. The van der Waals surface area contributed by atoms with Crippen LogP contribution in [0, 0.1) is 5.92 Å². The van der Waals surface area contributed by atoms with Crippen LogP contribution in [0.25, 0.3) is 21.6 Å². The zero-order valence-electron chi connectivity index (χ0n) is 22.5. The fraction of sp³-hybridized carbons (Fsp3) is 0.483. The van der Waals surface area contributed by atoms with E-state index < -0.39 is 10.0 Å². The van der Waals surface area contributed by atoms with Gasteiger partial charge in [0, 0.05) is 35.7 Å². The van der Waals surface area contributed by atoms with Crippen LogP contribution in [0.3, 0.4) is 0 Å². The second-order valence-electron chi connectivity index (χ2n) is 11.0. The highest BCUT2D eigenvalue weighted by atomic mass is 32.2. The summed E-state index contributed by atoms with van der Waals surface area (Å²) in [5.41, 5.74) is 2.39. The minimum Gasteiger partial charge on any atom is -0.378 e. The van der Waals surface area contributed by atoms with Crippen molar-refractivity contribution >= 4 is 49.3 Å². The number of thiophene rings is 1. The summed E-state index contributed by atoms with van der Waals surface area (Å²) in [6, 6.07) is 11.1. The van der Waals surface area contributed by atoms with Gasteiger partial charge >= 0.3 is 0 Å². The molecular formula is C29H36N4O3S3. The van der Waals surface area contributed by atoms with Crippen molar-refractivity contribution in [2.75, 3.05) is 24.0 Å². The van der Waals surface area contributed by atoms with Gasteiger partial charge in [0.2, 0.25) is 0 Å². The number of para-hydroxylation sites is 1. The number of nitrogens with one attached hydrogen (secondary N) is 1. The van der Waals surface area contributed by atoms with Gasteiger partial charge in [0.05, 0.1) is 23.0 Å². The maximum Gasteiger partial charge on any atom is 0.274 e. The van der Waals surface area contributed by atoms with Gasteiger partial charge in [0.25, 0.3) is 10.0 Å². The van der Waals surface area contributed by atoms with Crippen LogP contribution in [0.1, 0.15) is 50.8 Å². The van der Waals surface area contributed by atoms with E-state index in [1.165, 1.54) is 52.6 Å². The maximum absolute atomic E-state index is 13.6. The Kier molecular flexibility index (Phi) is 7.83. The average Bonchev–Trinajstić information content (AvgIpc) is 3.72. The number of likely N-dealkylation sites (tertiary alicyclic amines) is 1. The number of hydrogen-bond donors (Lipinski definition) is 1. The molecule has 0 radical (unpaired) electrons. The lowest BCUT2D eigenvalue weighted by molar-refractivity contribution is 0.0722. The molecule has 2 aliphatic heterocycles. The molecule has 7 nitrogen and oxygen atoms in total. The van der Waals surface area contributed by atoms with Crippen molar-refractivity contribution in [1.82, 2.24) is 14.9 Å².